The van der Waals surface area contributed by atoms with Gasteiger partial charge in [0.05, 0.1) is 17.9 Å². The molecular formula is C23H29NO3. The first-order chi connectivity index (χ1) is 12.9. The molecule has 0 fully saturated rings. The molecule has 1 aromatic carbocycles. The van der Waals surface area contributed by atoms with Crippen molar-refractivity contribution in [2.24, 2.45) is 11.8 Å². The maximum Gasteiger partial charge on any atom is 0.116 e. The van der Waals surface area contributed by atoms with Crippen LogP contribution in [0.5, 0.6) is 5.75 Å². The van der Waals surface area contributed by atoms with Gasteiger partial charge < -0.3 is 15.3 Å². The van der Waals surface area contributed by atoms with Gasteiger partial charge in [-0.3, -0.25) is 4.98 Å². The van der Waals surface area contributed by atoms with Gasteiger partial charge in [-0.15, -0.1) is 6.58 Å². The van der Waals surface area contributed by atoms with Crippen molar-refractivity contribution in [3.63, 3.8) is 0 Å². The molecule has 0 saturated carbocycles. The lowest BCUT2D eigenvalue weighted by Gasteiger charge is -2.27. The van der Waals surface area contributed by atoms with Crippen molar-refractivity contribution in [2.45, 2.75) is 38.9 Å². The standard InChI is InChI=1S/C23H29NO3/c1-4-20(23(27)16(2)3)22(26)12-11-18(21-10-5-6-13-24-21)14-17-8-7-9-19(25)15-17/h4-10,13-16,20,22-23,25-27H,1,11-12H2,2-3H3/b18-14-/t20-,22-,23-/m1/s1. The normalized spacial score (nSPS) is 15.4. The lowest BCUT2D eigenvalue weighted by atomic mass is 9.86. The minimum Gasteiger partial charge on any atom is -0.508 e. The van der Waals surface area contributed by atoms with Crippen LogP contribution in [-0.4, -0.2) is 32.5 Å². The summed E-state index contributed by atoms with van der Waals surface area (Å²) in [5.41, 5.74) is 2.65. The molecule has 0 amide bonds. The van der Waals surface area contributed by atoms with Gasteiger partial charge in [0.25, 0.3) is 0 Å². The maximum absolute atomic E-state index is 10.6. The molecule has 1 heterocycles. The quantitative estimate of drug-likeness (QED) is 0.578. The van der Waals surface area contributed by atoms with E-state index in [2.05, 4.69) is 11.6 Å². The number of nitrogens with zero attached hydrogens (tertiary/aromatic N) is 1. The van der Waals surface area contributed by atoms with Gasteiger partial charge in [-0.2, -0.15) is 0 Å². The molecule has 0 aliphatic heterocycles. The third-order valence-corrected chi connectivity index (χ3v) is 4.71. The molecule has 27 heavy (non-hydrogen) atoms. The first-order valence-corrected chi connectivity index (χ1v) is 9.32. The number of aromatic nitrogens is 1. The Kier molecular flexibility index (Phi) is 7.77. The van der Waals surface area contributed by atoms with E-state index in [1.165, 1.54) is 0 Å². The summed E-state index contributed by atoms with van der Waals surface area (Å²) in [7, 11) is 0. The molecule has 144 valence electrons. The van der Waals surface area contributed by atoms with Gasteiger partial charge in [0, 0.05) is 12.1 Å². The van der Waals surface area contributed by atoms with E-state index in [1.807, 2.05) is 44.2 Å². The largest absolute Gasteiger partial charge is 0.508 e. The number of pyridine rings is 1. The van der Waals surface area contributed by atoms with E-state index < -0.39 is 12.2 Å². The van der Waals surface area contributed by atoms with Crippen molar-refractivity contribution < 1.29 is 15.3 Å². The van der Waals surface area contributed by atoms with Gasteiger partial charge in [0.2, 0.25) is 0 Å². The number of phenolic OH excluding ortho intramolecular Hbond substituents is 1. The molecule has 0 aliphatic rings. The highest BCUT2D eigenvalue weighted by Gasteiger charge is 2.26. The molecule has 3 N–H and O–H groups in total. The zero-order chi connectivity index (χ0) is 19.8. The predicted octanol–water partition coefficient (Wildman–Crippen LogP) is 4.29. The number of hydrogen-bond donors (Lipinski definition) is 3. The van der Waals surface area contributed by atoms with Crippen LogP contribution in [0.4, 0.5) is 0 Å². The summed E-state index contributed by atoms with van der Waals surface area (Å²) in [5.74, 6) is -0.132. The highest BCUT2D eigenvalue weighted by molar-refractivity contribution is 5.80. The number of aromatic hydroxyl groups is 1. The van der Waals surface area contributed by atoms with Crippen LogP contribution in [0.1, 0.15) is 37.9 Å². The molecule has 0 radical (unpaired) electrons. The SMILES string of the molecule is C=C[C@H]([C@H](O)CC/C(=C/c1cccc(O)c1)c1ccccn1)[C@H](O)C(C)C. The van der Waals surface area contributed by atoms with Crippen LogP contribution in [0.3, 0.4) is 0 Å². The molecular weight excluding hydrogens is 338 g/mol. The van der Waals surface area contributed by atoms with Crippen LogP contribution >= 0.6 is 0 Å². The van der Waals surface area contributed by atoms with Crippen molar-refractivity contribution >= 4 is 11.6 Å². The van der Waals surface area contributed by atoms with Crippen molar-refractivity contribution in [3.05, 3.63) is 72.6 Å². The van der Waals surface area contributed by atoms with Crippen LogP contribution in [0.15, 0.2) is 61.3 Å². The van der Waals surface area contributed by atoms with Gasteiger partial charge in [0.1, 0.15) is 5.75 Å². The summed E-state index contributed by atoms with van der Waals surface area (Å²) in [5, 5.41) is 30.6. The van der Waals surface area contributed by atoms with Crippen LogP contribution in [0.25, 0.3) is 11.6 Å². The Bertz CT molecular complexity index is 755. The predicted molar refractivity (Wildman–Crippen MR) is 110 cm³/mol. The van der Waals surface area contributed by atoms with Gasteiger partial charge in [-0.25, -0.2) is 0 Å². The number of benzene rings is 1. The lowest BCUT2D eigenvalue weighted by molar-refractivity contribution is 0.00938. The summed E-state index contributed by atoms with van der Waals surface area (Å²) in [6.07, 6.45) is 5.06. The number of aliphatic hydroxyl groups is 2. The summed E-state index contributed by atoms with van der Waals surface area (Å²) < 4.78 is 0. The number of allylic oxidation sites excluding steroid dienone is 1. The van der Waals surface area contributed by atoms with Crippen LogP contribution in [0.2, 0.25) is 0 Å². The van der Waals surface area contributed by atoms with E-state index in [9.17, 15) is 15.3 Å². The molecule has 0 aliphatic carbocycles. The molecule has 4 heteroatoms. The van der Waals surface area contributed by atoms with Gasteiger partial charge >= 0.3 is 0 Å². The Balaban J connectivity index is 2.21. The molecule has 0 unspecified atom stereocenters. The molecule has 0 saturated heterocycles. The monoisotopic (exact) mass is 367 g/mol. The highest BCUT2D eigenvalue weighted by atomic mass is 16.3. The second kappa shape index (κ2) is 10.0. The lowest BCUT2D eigenvalue weighted by Crippen LogP contribution is -2.33. The van der Waals surface area contributed by atoms with E-state index in [1.54, 1.807) is 30.5 Å². The number of hydrogen-bond acceptors (Lipinski definition) is 4. The topological polar surface area (TPSA) is 73.6 Å². The Morgan fingerprint density at radius 2 is 1.93 bits per heavy atom. The third-order valence-electron chi connectivity index (χ3n) is 4.71. The van der Waals surface area contributed by atoms with Gasteiger partial charge in [0.15, 0.2) is 0 Å². The van der Waals surface area contributed by atoms with E-state index in [-0.39, 0.29) is 17.6 Å². The Hall–Kier alpha value is -2.43. The fourth-order valence-electron chi connectivity index (χ4n) is 3.11. The van der Waals surface area contributed by atoms with Crippen molar-refractivity contribution in [2.75, 3.05) is 0 Å². The Morgan fingerprint density at radius 1 is 1.15 bits per heavy atom. The minimum absolute atomic E-state index is 0.0424. The molecule has 0 bridgehead atoms. The molecule has 1 aromatic heterocycles. The number of rotatable bonds is 9. The summed E-state index contributed by atoms with van der Waals surface area (Å²) in [4.78, 5) is 4.42. The molecule has 3 atom stereocenters. The molecule has 2 aromatic rings. The van der Waals surface area contributed by atoms with E-state index in [0.29, 0.717) is 12.8 Å². The zero-order valence-corrected chi connectivity index (χ0v) is 16.0. The average Bonchev–Trinajstić information content (AvgIpc) is 2.66. The van der Waals surface area contributed by atoms with Crippen LogP contribution in [-0.2, 0) is 0 Å². The van der Waals surface area contributed by atoms with E-state index in [0.717, 1.165) is 16.8 Å². The van der Waals surface area contributed by atoms with Crippen molar-refractivity contribution in [3.8, 4) is 5.75 Å². The number of aliphatic hydroxyl groups excluding tert-OH is 2. The van der Waals surface area contributed by atoms with Crippen LogP contribution < -0.4 is 0 Å². The summed E-state index contributed by atoms with van der Waals surface area (Å²) >= 11 is 0. The number of phenols is 1. The van der Waals surface area contributed by atoms with Crippen molar-refractivity contribution in [1.29, 1.82) is 0 Å². The zero-order valence-electron chi connectivity index (χ0n) is 16.0. The van der Waals surface area contributed by atoms with E-state index in [4.69, 9.17) is 0 Å². The Morgan fingerprint density at radius 3 is 2.52 bits per heavy atom. The first kappa shape index (κ1) is 20.9. The maximum atomic E-state index is 10.6. The third kappa shape index (κ3) is 6.05. The van der Waals surface area contributed by atoms with Gasteiger partial charge in [-0.1, -0.05) is 38.1 Å². The summed E-state index contributed by atoms with van der Waals surface area (Å²) in [6, 6.07) is 12.7. The average molecular weight is 367 g/mol. The second-order valence-electron chi connectivity index (χ2n) is 7.13. The molecule has 0 spiro atoms. The fraction of sp³-hybridized carbons (Fsp3) is 0.348. The highest BCUT2D eigenvalue weighted by Crippen LogP contribution is 2.27. The Labute approximate surface area is 161 Å². The first-order valence-electron chi connectivity index (χ1n) is 9.32. The smallest absolute Gasteiger partial charge is 0.116 e. The summed E-state index contributed by atoms with van der Waals surface area (Å²) in [6.45, 7) is 7.62. The van der Waals surface area contributed by atoms with Crippen molar-refractivity contribution in [1.82, 2.24) is 4.98 Å². The minimum atomic E-state index is -0.698. The second-order valence-corrected chi connectivity index (χ2v) is 7.13. The molecule has 2 rings (SSSR count). The molecule has 4 nitrogen and oxygen atoms in total. The van der Waals surface area contributed by atoms with Gasteiger partial charge in [-0.05, 0) is 60.2 Å². The van der Waals surface area contributed by atoms with Crippen LogP contribution in [0, 0.1) is 11.8 Å². The fourth-order valence-corrected chi connectivity index (χ4v) is 3.11. The van der Waals surface area contributed by atoms with E-state index >= 15 is 0 Å².